The summed E-state index contributed by atoms with van der Waals surface area (Å²) in [6, 6.07) is 0. The Bertz CT molecular complexity index is 409. The fraction of sp³-hybridized carbons (Fsp3) is 0.667. The largest absolute Gasteiger partial charge is 0.477 e. The molecule has 0 aromatic carbocycles. The van der Waals surface area contributed by atoms with E-state index in [4.69, 9.17) is 0 Å². The van der Waals surface area contributed by atoms with Gasteiger partial charge in [-0.3, -0.25) is 0 Å². The molecule has 0 saturated carbocycles. The van der Waals surface area contributed by atoms with E-state index >= 15 is 0 Å². The number of hydrogen-bond acceptors (Lipinski definition) is 4. The molecule has 17 heavy (non-hydrogen) atoms. The monoisotopic (exact) mass is 254 g/mol. The van der Waals surface area contributed by atoms with E-state index in [-0.39, 0.29) is 5.92 Å². The van der Waals surface area contributed by atoms with Crippen LogP contribution < -0.4 is 4.90 Å². The van der Waals surface area contributed by atoms with Gasteiger partial charge in [0.2, 0.25) is 0 Å². The average molecular weight is 254 g/mol. The first-order valence-electron chi connectivity index (χ1n) is 6.08. The Balaban J connectivity index is 2.29. The maximum Gasteiger partial charge on any atom is 0.347 e. The van der Waals surface area contributed by atoms with Crippen LogP contribution in [0.25, 0.3) is 0 Å². The summed E-state index contributed by atoms with van der Waals surface area (Å²) >= 11 is 1.32. The van der Waals surface area contributed by atoms with Crippen LogP contribution in [0.4, 0.5) is 5.13 Å². The Morgan fingerprint density at radius 1 is 1.35 bits per heavy atom. The van der Waals surface area contributed by atoms with Crippen LogP contribution in [0, 0.1) is 0 Å². The van der Waals surface area contributed by atoms with Crippen molar-refractivity contribution in [2.24, 2.45) is 0 Å². The molecule has 1 aromatic rings. The third kappa shape index (κ3) is 2.60. The Morgan fingerprint density at radius 2 is 2.00 bits per heavy atom. The summed E-state index contributed by atoms with van der Waals surface area (Å²) < 4.78 is 0. The molecule has 1 aromatic heterocycles. The predicted octanol–water partition coefficient (Wildman–Crippen LogP) is 2.96. The number of carbonyl (C=O) groups is 1. The molecule has 0 spiro atoms. The summed E-state index contributed by atoms with van der Waals surface area (Å²) in [6.07, 6.45) is 3.63. The number of aromatic carboxylic acids is 1. The van der Waals surface area contributed by atoms with E-state index < -0.39 is 5.97 Å². The number of carboxylic acid groups (broad SMARTS) is 1. The van der Waals surface area contributed by atoms with Gasteiger partial charge in [-0.1, -0.05) is 25.2 Å². The van der Waals surface area contributed by atoms with Gasteiger partial charge >= 0.3 is 5.97 Å². The van der Waals surface area contributed by atoms with Crippen LogP contribution in [0.3, 0.4) is 0 Å². The Hall–Kier alpha value is -1.10. The highest BCUT2D eigenvalue weighted by Crippen LogP contribution is 2.32. The molecule has 4 nitrogen and oxygen atoms in total. The van der Waals surface area contributed by atoms with E-state index in [9.17, 15) is 9.90 Å². The minimum atomic E-state index is -0.852. The topological polar surface area (TPSA) is 53.4 Å². The number of nitrogens with zero attached hydrogens (tertiary/aromatic N) is 2. The first kappa shape index (κ1) is 12.4. The molecule has 1 aliphatic heterocycles. The molecule has 1 N–H and O–H groups in total. The molecule has 0 atom stereocenters. The van der Waals surface area contributed by atoms with E-state index in [1.165, 1.54) is 30.6 Å². The van der Waals surface area contributed by atoms with Gasteiger partial charge < -0.3 is 10.0 Å². The average Bonchev–Trinajstić information content (AvgIpc) is 2.75. The normalized spacial score (nSPS) is 16.5. The number of anilines is 1. The summed E-state index contributed by atoms with van der Waals surface area (Å²) in [6.45, 7) is 5.98. The number of hydrogen-bond donors (Lipinski definition) is 1. The van der Waals surface area contributed by atoms with Gasteiger partial charge in [-0.15, -0.1) is 0 Å². The predicted molar refractivity (Wildman–Crippen MR) is 69.2 cm³/mol. The summed E-state index contributed by atoms with van der Waals surface area (Å²) in [4.78, 5) is 18.3. The van der Waals surface area contributed by atoms with Crippen molar-refractivity contribution < 1.29 is 9.90 Å². The van der Waals surface area contributed by atoms with Crippen LogP contribution in [-0.4, -0.2) is 29.1 Å². The van der Waals surface area contributed by atoms with Crippen LogP contribution in [0.2, 0.25) is 0 Å². The molecule has 0 radical (unpaired) electrons. The smallest absolute Gasteiger partial charge is 0.347 e. The Morgan fingerprint density at radius 3 is 2.47 bits per heavy atom. The molecule has 1 fully saturated rings. The number of rotatable bonds is 3. The third-order valence-corrected chi connectivity index (χ3v) is 4.13. The molecule has 2 heterocycles. The number of piperidine rings is 1. The van der Waals surface area contributed by atoms with Gasteiger partial charge in [0.05, 0.1) is 5.69 Å². The van der Waals surface area contributed by atoms with Gasteiger partial charge in [-0.05, 0) is 25.2 Å². The van der Waals surface area contributed by atoms with Gasteiger partial charge in [0, 0.05) is 13.1 Å². The van der Waals surface area contributed by atoms with Gasteiger partial charge in [-0.25, -0.2) is 9.78 Å². The van der Waals surface area contributed by atoms with Gasteiger partial charge in [0.15, 0.2) is 5.13 Å². The Kier molecular flexibility index (Phi) is 3.66. The van der Waals surface area contributed by atoms with Crippen LogP contribution in [0.5, 0.6) is 0 Å². The first-order chi connectivity index (χ1) is 8.09. The van der Waals surface area contributed by atoms with E-state index in [0.29, 0.717) is 4.88 Å². The molecule has 0 amide bonds. The highest BCUT2D eigenvalue weighted by molar-refractivity contribution is 7.17. The SMILES string of the molecule is CC(C)c1nc(N2CCCCC2)sc1C(=O)O. The maximum absolute atomic E-state index is 11.2. The van der Waals surface area contributed by atoms with Crippen molar-refractivity contribution >= 4 is 22.4 Å². The maximum atomic E-state index is 11.2. The Labute approximate surface area is 105 Å². The van der Waals surface area contributed by atoms with Gasteiger partial charge in [-0.2, -0.15) is 0 Å². The standard InChI is InChI=1S/C12H18N2O2S/c1-8(2)9-10(11(15)16)17-12(13-9)14-6-4-3-5-7-14/h8H,3-7H2,1-2H3,(H,15,16). The van der Waals surface area contributed by atoms with E-state index in [2.05, 4.69) is 9.88 Å². The van der Waals surface area contributed by atoms with Gasteiger partial charge in [0.1, 0.15) is 4.88 Å². The van der Waals surface area contributed by atoms with Crippen molar-refractivity contribution in [2.45, 2.75) is 39.0 Å². The summed E-state index contributed by atoms with van der Waals surface area (Å²) in [5.74, 6) is -0.689. The van der Waals surface area contributed by atoms with Crippen molar-refractivity contribution in [2.75, 3.05) is 18.0 Å². The molecule has 2 rings (SSSR count). The zero-order valence-electron chi connectivity index (χ0n) is 10.3. The molecule has 0 bridgehead atoms. The fourth-order valence-corrected chi connectivity index (χ4v) is 3.20. The molecular weight excluding hydrogens is 236 g/mol. The van der Waals surface area contributed by atoms with E-state index in [1.54, 1.807) is 0 Å². The number of thiazole rings is 1. The van der Waals surface area contributed by atoms with Crippen molar-refractivity contribution in [1.29, 1.82) is 0 Å². The van der Waals surface area contributed by atoms with Crippen molar-refractivity contribution in [3.05, 3.63) is 10.6 Å². The minimum Gasteiger partial charge on any atom is -0.477 e. The molecule has 94 valence electrons. The second-order valence-electron chi connectivity index (χ2n) is 4.72. The second-order valence-corrected chi connectivity index (χ2v) is 5.70. The third-order valence-electron chi connectivity index (χ3n) is 3.01. The zero-order valence-corrected chi connectivity index (χ0v) is 11.1. The molecule has 5 heteroatoms. The van der Waals surface area contributed by atoms with E-state index in [1.807, 2.05) is 13.8 Å². The zero-order chi connectivity index (χ0) is 12.4. The molecule has 1 saturated heterocycles. The first-order valence-corrected chi connectivity index (χ1v) is 6.90. The molecule has 0 aliphatic carbocycles. The van der Waals surface area contributed by atoms with Gasteiger partial charge in [0.25, 0.3) is 0 Å². The molecule has 0 unspecified atom stereocenters. The lowest BCUT2D eigenvalue weighted by Crippen LogP contribution is -2.29. The summed E-state index contributed by atoms with van der Waals surface area (Å²) in [5.41, 5.74) is 0.725. The van der Waals surface area contributed by atoms with Crippen LogP contribution in [0.15, 0.2) is 0 Å². The minimum absolute atomic E-state index is 0.163. The lowest BCUT2D eigenvalue weighted by atomic mass is 10.1. The highest BCUT2D eigenvalue weighted by Gasteiger charge is 2.23. The van der Waals surface area contributed by atoms with Crippen molar-refractivity contribution in [3.63, 3.8) is 0 Å². The van der Waals surface area contributed by atoms with E-state index in [0.717, 1.165) is 23.9 Å². The molecule has 1 aliphatic rings. The lowest BCUT2D eigenvalue weighted by Gasteiger charge is -2.25. The summed E-state index contributed by atoms with van der Waals surface area (Å²) in [7, 11) is 0. The molecular formula is C12H18N2O2S. The van der Waals surface area contributed by atoms with Crippen LogP contribution in [0.1, 0.15) is 54.4 Å². The van der Waals surface area contributed by atoms with Crippen molar-refractivity contribution in [3.8, 4) is 0 Å². The van der Waals surface area contributed by atoms with Crippen molar-refractivity contribution in [1.82, 2.24) is 4.98 Å². The number of aromatic nitrogens is 1. The summed E-state index contributed by atoms with van der Waals surface area (Å²) in [5, 5.41) is 10.1. The number of carboxylic acids is 1. The van der Waals surface area contributed by atoms with Crippen LogP contribution in [-0.2, 0) is 0 Å². The fourth-order valence-electron chi connectivity index (χ4n) is 2.09. The quantitative estimate of drug-likeness (QED) is 0.901. The van der Waals surface area contributed by atoms with Crippen LogP contribution >= 0.6 is 11.3 Å². The second kappa shape index (κ2) is 5.04. The highest BCUT2D eigenvalue weighted by atomic mass is 32.1. The lowest BCUT2D eigenvalue weighted by molar-refractivity contribution is 0.0700.